The van der Waals surface area contributed by atoms with E-state index in [0.717, 1.165) is 44.0 Å². The first kappa shape index (κ1) is 15.5. The summed E-state index contributed by atoms with van der Waals surface area (Å²) in [6, 6.07) is 0. The lowest BCUT2D eigenvalue weighted by atomic mass is 10.1. The van der Waals surface area contributed by atoms with Crippen LogP contribution < -0.4 is 5.32 Å². The van der Waals surface area contributed by atoms with E-state index in [4.69, 9.17) is 4.98 Å². The summed E-state index contributed by atoms with van der Waals surface area (Å²) in [4.78, 5) is 4.76. The summed E-state index contributed by atoms with van der Waals surface area (Å²) in [5, 5.41) is 3.34. The Morgan fingerprint density at radius 3 is 2.80 bits per heavy atom. The number of nitrogens with zero attached hydrogens (tertiary/aromatic N) is 2. The van der Waals surface area contributed by atoms with Crippen molar-refractivity contribution in [2.24, 2.45) is 5.92 Å². The normalized spacial score (nSPS) is 15.6. The summed E-state index contributed by atoms with van der Waals surface area (Å²) >= 11 is 0. The van der Waals surface area contributed by atoms with Crippen molar-refractivity contribution in [3.63, 3.8) is 0 Å². The summed E-state index contributed by atoms with van der Waals surface area (Å²) < 4.78 is 24.8. The lowest BCUT2D eigenvalue weighted by Gasteiger charge is -2.16. The predicted molar refractivity (Wildman–Crippen MR) is 80.5 cm³/mol. The first-order chi connectivity index (χ1) is 9.37. The Kier molecular flexibility index (Phi) is 4.86. The summed E-state index contributed by atoms with van der Waals surface area (Å²) in [6.45, 7) is 6.95. The van der Waals surface area contributed by atoms with E-state index in [1.165, 1.54) is 11.9 Å². The van der Waals surface area contributed by atoms with Gasteiger partial charge in [0.05, 0.1) is 11.4 Å². The zero-order valence-electron chi connectivity index (χ0n) is 12.6. The molecule has 0 unspecified atom stereocenters. The van der Waals surface area contributed by atoms with Crippen molar-refractivity contribution in [3.8, 4) is 0 Å². The number of rotatable bonds is 6. The SMILES string of the molecule is CC(C)Cc1nc2c(n1CCCS(C)(=O)=O)CCNC2. The molecule has 2 heterocycles. The van der Waals surface area contributed by atoms with Crippen LogP contribution in [0.3, 0.4) is 0 Å². The second kappa shape index (κ2) is 6.26. The second-order valence-electron chi connectivity index (χ2n) is 6.08. The fourth-order valence-electron chi connectivity index (χ4n) is 2.70. The molecule has 6 heteroatoms. The van der Waals surface area contributed by atoms with Crippen molar-refractivity contribution in [2.45, 2.75) is 46.2 Å². The molecule has 0 aliphatic carbocycles. The Morgan fingerprint density at radius 1 is 1.40 bits per heavy atom. The summed E-state index contributed by atoms with van der Waals surface area (Å²) in [5.74, 6) is 1.92. The van der Waals surface area contributed by atoms with E-state index >= 15 is 0 Å². The number of fused-ring (bicyclic) bond motifs is 1. The second-order valence-corrected chi connectivity index (χ2v) is 8.34. The van der Waals surface area contributed by atoms with Gasteiger partial charge in [0.15, 0.2) is 0 Å². The van der Waals surface area contributed by atoms with Crippen molar-refractivity contribution < 1.29 is 8.42 Å². The van der Waals surface area contributed by atoms with Crippen LogP contribution in [0.5, 0.6) is 0 Å². The fraction of sp³-hybridized carbons (Fsp3) is 0.786. The molecule has 5 nitrogen and oxygen atoms in total. The van der Waals surface area contributed by atoms with Gasteiger partial charge in [-0.25, -0.2) is 13.4 Å². The van der Waals surface area contributed by atoms with Gasteiger partial charge in [0, 0.05) is 44.4 Å². The quantitative estimate of drug-likeness (QED) is 0.856. The maximum Gasteiger partial charge on any atom is 0.147 e. The molecule has 20 heavy (non-hydrogen) atoms. The Hall–Kier alpha value is -0.880. The Bertz CT molecular complexity index is 561. The molecule has 0 fully saturated rings. The smallest absolute Gasteiger partial charge is 0.147 e. The molecule has 0 radical (unpaired) electrons. The number of aromatic nitrogens is 2. The molecule has 1 aromatic rings. The zero-order valence-corrected chi connectivity index (χ0v) is 13.5. The van der Waals surface area contributed by atoms with E-state index in [-0.39, 0.29) is 5.75 Å². The monoisotopic (exact) mass is 299 g/mol. The first-order valence-electron chi connectivity index (χ1n) is 7.32. The van der Waals surface area contributed by atoms with Crippen LogP contribution >= 0.6 is 0 Å². The number of imidazole rings is 1. The lowest BCUT2D eigenvalue weighted by molar-refractivity contribution is 0.540. The maximum absolute atomic E-state index is 11.3. The molecule has 1 N–H and O–H groups in total. The minimum absolute atomic E-state index is 0.249. The Labute approximate surface area is 121 Å². The third-order valence-corrected chi connectivity index (χ3v) is 4.58. The van der Waals surface area contributed by atoms with E-state index in [2.05, 4.69) is 23.7 Å². The molecule has 114 valence electrons. The maximum atomic E-state index is 11.3. The van der Waals surface area contributed by atoms with Gasteiger partial charge in [-0.05, 0) is 12.3 Å². The van der Waals surface area contributed by atoms with Gasteiger partial charge in [0.25, 0.3) is 0 Å². The van der Waals surface area contributed by atoms with Crippen molar-refractivity contribution in [2.75, 3.05) is 18.6 Å². The number of hydrogen-bond acceptors (Lipinski definition) is 4. The highest BCUT2D eigenvalue weighted by Crippen LogP contribution is 2.19. The van der Waals surface area contributed by atoms with E-state index in [1.54, 1.807) is 0 Å². The minimum Gasteiger partial charge on any atom is -0.332 e. The van der Waals surface area contributed by atoms with Crippen LogP contribution in [0.2, 0.25) is 0 Å². The van der Waals surface area contributed by atoms with Crippen LogP contribution in [-0.4, -0.2) is 36.5 Å². The van der Waals surface area contributed by atoms with Gasteiger partial charge < -0.3 is 9.88 Å². The highest BCUT2D eigenvalue weighted by atomic mass is 32.2. The van der Waals surface area contributed by atoms with Crippen LogP contribution in [0.15, 0.2) is 0 Å². The molecule has 0 saturated carbocycles. The topological polar surface area (TPSA) is 64.0 Å². The van der Waals surface area contributed by atoms with Gasteiger partial charge in [0.1, 0.15) is 15.7 Å². The highest BCUT2D eigenvalue weighted by Gasteiger charge is 2.20. The fourth-order valence-corrected chi connectivity index (χ4v) is 3.35. The van der Waals surface area contributed by atoms with E-state index < -0.39 is 9.84 Å². The van der Waals surface area contributed by atoms with E-state index in [1.807, 2.05) is 0 Å². The Balaban J connectivity index is 2.17. The molecular weight excluding hydrogens is 274 g/mol. The van der Waals surface area contributed by atoms with Crippen molar-refractivity contribution in [1.29, 1.82) is 0 Å². The van der Waals surface area contributed by atoms with Crippen LogP contribution in [0.1, 0.15) is 37.5 Å². The van der Waals surface area contributed by atoms with Crippen LogP contribution in [0, 0.1) is 5.92 Å². The molecule has 2 rings (SSSR count). The van der Waals surface area contributed by atoms with Gasteiger partial charge >= 0.3 is 0 Å². The molecule has 0 bridgehead atoms. The standard InChI is InChI=1S/C14H25N3O2S/c1-11(2)9-14-16-12-10-15-6-5-13(12)17(14)7-4-8-20(3,18)19/h11,15H,4-10H2,1-3H3. The van der Waals surface area contributed by atoms with Gasteiger partial charge in [-0.15, -0.1) is 0 Å². The summed E-state index contributed by atoms with van der Waals surface area (Å²) in [5.41, 5.74) is 2.44. The molecule has 1 aliphatic heterocycles. The van der Waals surface area contributed by atoms with Crippen LogP contribution in [0.4, 0.5) is 0 Å². The highest BCUT2D eigenvalue weighted by molar-refractivity contribution is 7.90. The van der Waals surface area contributed by atoms with E-state index in [9.17, 15) is 8.42 Å². The molecular formula is C14H25N3O2S. The average Bonchev–Trinajstić information content (AvgIpc) is 2.65. The van der Waals surface area contributed by atoms with Crippen molar-refractivity contribution >= 4 is 9.84 Å². The van der Waals surface area contributed by atoms with Crippen molar-refractivity contribution in [3.05, 3.63) is 17.2 Å². The lowest BCUT2D eigenvalue weighted by Crippen LogP contribution is -2.25. The molecule has 0 spiro atoms. The summed E-state index contributed by atoms with van der Waals surface area (Å²) in [7, 11) is -2.88. The third-order valence-electron chi connectivity index (χ3n) is 3.55. The Morgan fingerprint density at radius 2 is 2.15 bits per heavy atom. The average molecular weight is 299 g/mol. The van der Waals surface area contributed by atoms with Gasteiger partial charge in [-0.3, -0.25) is 0 Å². The third kappa shape index (κ3) is 4.06. The number of sulfone groups is 1. The predicted octanol–water partition coefficient (Wildman–Crippen LogP) is 1.16. The summed E-state index contributed by atoms with van der Waals surface area (Å²) in [6.07, 6.45) is 3.90. The molecule has 0 amide bonds. The minimum atomic E-state index is -2.88. The molecule has 0 atom stereocenters. The largest absolute Gasteiger partial charge is 0.332 e. The van der Waals surface area contributed by atoms with Crippen molar-refractivity contribution in [1.82, 2.24) is 14.9 Å². The van der Waals surface area contributed by atoms with Gasteiger partial charge in [-0.2, -0.15) is 0 Å². The van der Waals surface area contributed by atoms with Crippen LogP contribution in [0.25, 0.3) is 0 Å². The number of nitrogens with one attached hydrogen (secondary N) is 1. The number of hydrogen-bond donors (Lipinski definition) is 1. The van der Waals surface area contributed by atoms with E-state index in [0.29, 0.717) is 12.3 Å². The molecule has 1 aliphatic rings. The zero-order chi connectivity index (χ0) is 14.8. The molecule has 0 aromatic carbocycles. The first-order valence-corrected chi connectivity index (χ1v) is 9.38. The van der Waals surface area contributed by atoms with Gasteiger partial charge in [0.2, 0.25) is 0 Å². The van der Waals surface area contributed by atoms with Crippen LogP contribution in [-0.2, 0) is 35.8 Å². The molecule has 1 aromatic heterocycles. The molecule has 0 saturated heterocycles. The van der Waals surface area contributed by atoms with Gasteiger partial charge in [-0.1, -0.05) is 13.8 Å².